The molecular weight excluding hydrogens is 368 g/mol. The standard InChI is InChI=1S/C23H26N2O4/c1-15-9-10-16(2)19(13-15)25-21(27)17(3)29-22(28)23(12-11-20(26)24-14-23)18-7-5-4-6-8-18/h4-10,13,17H,11-12,14H2,1-3H3,(H,24,26)(H,25,27). The molecule has 2 aromatic carbocycles. The van der Waals surface area contributed by atoms with Crippen molar-refractivity contribution in [2.75, 3.05) is 11.9 Å². The number of anilines is 1. The quantitative estimate of drug-likeness (QED) is 0.764. The number of rotatable bonds is 5. The molecule has 29 heavy (non-hydrogen) atoms. The van der Waals surface area contributed by atoms with E-state index in [1.165, 1.54) is 0 Å². The highest BCUT2D eigenvalue weighted by molar-refractivity contribution is 5.97. The normalized spacial score (nSPS) is 19.8. The van der Waals surface area contributed by atoms with Crippen LogP contribution in [0.4, 0.5) is 5.69 Å². The molecule has 0 radical (unpaired) electrons. The van der Waals surface area contributed by atoms with Crippen LogP contribution in [0.1, 0.15) is 36.5 Å². The second-order valence-electron chi connectivity index (χ2n) is 7.58. The molecule has 1 saturated heterocycles. The molecule has 2 unspecified atom stereocenters. The van der Waals surface area contributed by atoms with Gasteiger partial charge in [0, 0.05) is 18.7 Å². The van der Waals surface area contributed by atoms with E-state index in [1.807, 2.05) is 62.4 Å². The van der Waals surface area contributed by atoms with Gasteiger partial charge in [0.05, 0.1) is 0 Å². The average Bonchev–Trinajstić information content (AvgIpc) is 2.72. The monoisotopic (exact) mass is 394 g/mol. The topological polar surface area (TPSA) is 84.5 Å². The molecule has 1 aliphatic rings. The van der Waals surface area contributed by atoms with Crippen LogP contribution < -0.4 is 10.6 Å². The summed E-state index contributed by atoms with van der Waals surface area (Å²) >= 11 is 0. The van der Waals surface area contributed by atoms with Crippen LogP contribution in [0.5, 0.6) is 0 Å². The van der Waals surface area contributed by atoms with Crippen LogP contribution in [0.2, 0.25) is 0 Å². The summed E-state index contributed by atoms with van der Waals surface area (Å²) in [5.41, 5.74) is 2.42. The summed E-state index contributed by atoms with van der Waals surface area (Å²) in [5.74, 6) is -0.993. The smallest absolute Gasteiger partial charge is 0.319 e. The molecule has 152 valence electrons. The van der Waals surface area contributed by atoms with Crippen molar-refractivity contribution in [3.05, 3.63) is 65.2 Å². The van der Waals surface area contributed by atoms with Crippen molar-refractivity contribution in [2.24, 2.45) is 0 Å². The van der Waals surface area contributed by atoms with Gasteiger partial charge in [-0.2, -0.15) is 0 Å². The first-order chi connectivity index (χ1) is 13.8. The van der Waals surface area contributed by atoms with Crippen LogP contribution in [0, 0.1) is 13.8 Å². The van der Waals surface area contributed by atoms with Crippen molar-refractivity contribution in [3.8, 4) is 0 Å². The van der Waals surface area contributed by atoms with Gasteiger partial charge in [-0.05, 0) is 49.9 Å². The molecule has 3 rings (SSSR count). The van der Waals surface area contributed by atoms with Crippen molar-refractivity contribution < 1.29 is 19.1 Å². The van der Waals surface area contributed by atoms with Crippen LogP contribution in [0.15, 0.2) is 48.5 Å². The number of carbonyl (C=O) groups excluding carboxylic acids is 3. The zero-order chi connectivity index (χ0) is 21.0. The van der Waals surface area contributed by atoms with Gasteiger partial charge < -0.3 is 15.4 Å². The Balaban J connectivity index is 1.76. The molecule has 2 amide bonds. The number of carbonyl (C=O) groups is 3. The minimum absolute atomic E-state index is 0.0925. The lowest BCUT2D eigenvalue weighted by Gasteiger charge is -2.36. The zero-order valence-corrected chi connectivity index (χ0v) is 17.0. The number of benzene rings is 2. The Morgan fingerprint density at radius 2 is 1.86 bits per heavy atom. The Bertz CT molecular complexity index is 914. The van der Waals surface area contributed by atoms with E-state index in [0.717, 1.165) is 16.7 Å². The summed E-state index contributed by atoms with van der Waals surface area (Å²) in [6.07, 6.45) is -0.402. The molecule has 1 aliphatic heterocycles. The first-order valence-corrected chi connectivity index (χ1v) is 9.73. The molecule has 1 fully saturated rings. The first-order valence-electron chi connectivity index (χ1n) is 9.73. The summed E-state index contributed by atoms with van der Waals surface area (Å²) in [6.45, 7) is 5.55. The maximum absolute atomic E-state index is 13.2. The molecular formula is C23H26N2O4. The molecule has 0 spiro atoms. The van der Waals surface area contributed by atoms with Crippen LogP contribution in [-0.2, 0) is 24.5 Å². The largest absolute Gasteiger partial charge is 0.452 e. The molecule has 0 bridgehead atoms. The lowest BCUT2D eigenvalue weighted by molar-refractivity contribution is -0.160. The minimum Gasteiger partial charge on any atom is -0.452 e. The highest BCUT2D eigenvalue weighted by Crippen LogP contribution is 2.33. The molecule has 0 aromatic heterocycles. The highest BCUT2D eigenvalue weighted by Gasteiger charge is 2.45. The number of amides is 2. The van der Waals surface area contributed by atoms with E-state index in [-0.39, 0.29) is 18.9 Å². The first kappa shape index (κ1) is 20.6. The van der Waals surface area contributed by atoms with Crippen LogP contribution >= 0.6 is 0 Å². The Morgan fingerprint density at radius 1 is 1.14 bits per heavy atom. The molecule has 2 aromatic rings. The van der Waals surface area contributed by atoms with Gasteiger partial charge in [-0.15, -0.1) is 0 Å². The average molecular weight is 394 g/mol. The van der Waals surface area contributed by atoms with E-state index in [2.05, 4.69) is 10.6 Å². The van der Waals surface area contributed by atoms with E-state index in [4.69, 9.17) is 4.74 Å². The Hall–Kier alpha value is -3.15. The van der Waals surface area contributed by atoms with Crippen molar-refractivity contribution in [3.63, 3.8) is 0 Å². The highest BCUT2D eigenvalue weighted by atomic mass is 16.5. The van der Waals surface area contributed by atoms with E-state index >= 15 is 0 Å². The molecule has 6 nitrogen and oxygen atoms in total. The van der Waals surface area contributed by atoms with Crippen molar-refractivity contribution >= 4 is 23.5 Å². The number of esters is 1. The van der Waals surface area contributed by atoms with E-state index in [9.17, 15) is 14.4 Å². The van der Waals surface area contributed by atoms with Gasteiger partial charge in [-0.25, -0.2) is 0 Å². The van der Waals surface area contributed by atoms with Gasteiger partial charge in [0.15, 0.2) is 6.10 Å². The summed E-state index contributed by atoms with van der Waals surface area (Å²) in [4.78, 5) is 37.5. The molecule has 6 heteroatoms. The number of nitrogens with one attached hydrogen (secondary N) is 2. The van der Waals surface area contributed by atoms with Crippen molar-refractivity contribution in [2.45, 2.75) is 45.1 Å². The van der Waals surface area contributed by atoms with E-state index < -0.39 is 23.4 Å². The Labute approximate surface area is 170 Å². The van der Waals surface area contributed by atoms with Crippen LogP contribution in [-0.4, -0.2) is 30.4 Å². The number of hydrogen-bond donors (Lipinski definition) is 2. The Morgan fingerprint density at radius 3 is 2.52 bits per heavy atom. The number of aryl methyl sites for hydroxylation is 2. The summed E-state index contributed by atoms with van der Waals surface area (Å²) < 4.78 is 5.58. The molecule has 1 heterocycles. The van der Waals surface area contributed by atoms with Gasteiger partial charge in [-0.1, -0.05) is 42.5 Å². The fourth-order valence-electron chi connectivity index (χ4n) is 3.48. The van der Waals surface area contributed by atoms with Gasteiger partial charge >= 0.3 is 5.97 Å². The predicted octanol–water partition coefficient (Wildman–Crippen LogP) is 3.02. The van der Waals surface area contributed by atoms with Crippen molar-refractivity contribution in [1.29, 1.82) is 0 Å². The summed E-state index contributed by atoms with van der Waals surface area (Å²) in [6, 6.07) is 15.0. The lowest BCUT2D eigenvalue weighted by atomic mass is 9.74. The van der Waals surface area contributed by atoms with E-state index in [0.29, 0.717) is 12.1 Å². The minimum atomic E-state index is -0.997. The third kappa shape index (κ3) is 4.47. The van der Waals surface area contributed by atoms with Gasteiger partial charge in [0.1, 0.15) is 5.41 Å². The molecule has 2 atom stereocenters. The van der Waals surface area contributed by atoms with Crippen LogP contribution in [0.25, 0.3) is 0 Å². The fraction of sp³-hybridized carbons (Fsp3) is 0.348. The second kappa shape index (κ2) is 8.47. The van der Waals surface area contributed by atoms with Gasteiger partial charge in [0.25, 0.3) is 5.91 Å². The molecule has 0 aliphatic carbocycles. The van der Waals surface area contributed by atoms with E-state index in [1.54, 1.807) is 6.92 Å². The van der Waals surface area contributed by atoms with Crippen LogP contribution in [0.3, 0.4) is 0 Å². The number of hydrogen-bond acceptors (Lipinski definition) is 4. The summed E-state index contributed by atoms with van der Waals surface area (Å²) in [5, 5.41) is 5.60. The fourth-order valence-corrected chi connectivity index (χ4v) is 3.48. The summed E-state index contributed by atoms with van der Waals surface area (Å²) in [7, 11) is 0. The lowest BCUT2D eigenvalue weighted by Crippen LogP contribution is -2.52. The van der Waals surface area contributed by atoms with Gasteiger partial charge in [-0.3, -0.25) is 14.4 Å². The molecule has 2 N–H and O–H groups in total. The number of piperidine rings is 1. The Kier molecular flexibility index (Phi) is 6.01. The maximum atomic E-state index is 13.2. The number of ether oxygens (including phenoxy) is 1. The van der Waals surface area contributed by atoms with Gasteiger partial charge in [0.2, 0.25) is 5.91 Å². The second-order valence-corrected chi connectivity index (χ2v) is 7.58. The third-order valence-electron chi connectivity index (χ3n) is 5.39. The predicted molar refractivity (Wildman–Crippen MR) is 110 cm³/mol. The molecule has 0 saturated carbocycles. The maximum Gasteiger partial charge on any atom is 0.319 e. The third-order valence-corrected chi connectivity index (χ3v) is 5.39. The SMILES string of the molecule is Cc1ccc(C)c(NC(=O)C(C)OC(=O)C2(c3ccccc3)CCC(=O)NC2)c1. The zero-order valence-electron chi connectivity index (χ0n) is 17.0. The van der Waals surface area contributed by atoms with Crippen molar-refractivity contribution in [1.82, 2.24) is 5.32 Å².